The Morgan fingerprint density at radius 1 is 0.907 bits per heavy atom. The molecule has 2 aliphatic carbocycles. The second-order valence-electron chi connectivity index (χ2n) is 13.7. The van der Waals surface area contributed by atoms with Gasteiger partial charge in [-0.05, 0) is 74.5 Å². The van der Waals surface area contributed by atoms with Gasteiger partial charge >= 0.3 is 6.03 Å². The van der Waals surface area contributed by atoms with Crippen LogP contribution < -0.4 is 27.0 Å². The molecule has 244 valence electrons. The van der Waals surface area contributed by atoms with Gasteiger partial charge in [0.25, 0.3) is 5.91 Å². The summed E-state index contributed by atoms with van der Waals surface area (Å²) in [4.78, 5) is 66.3. The summed E-state index contributed by atoms with van der Waals surface area (Å²) < 4.78 is 0. The van der Waals surface area contributed by atoms with Crippen LogP contribution in [0.1, 0.15) is 97.8 Å². The SMILES string of the molecule is CC(C)(C)C(NC(=O)NC(CNCCCCS)C1CCCCC1)C(=O)N1CCCC1C(=O)NC(CC1CC1)C(=O)C(N)=O. The maximum Gasteiger partial charge on any atom is 0.315 e. The molecule has 6 N–H and O–H groups in total. The molecule has 0 radical (unpaired) electrons. The zero-order valence-electron chi connectivity index (χ0n) is 26.3. The third-order valence-electron chi connectivity index (χ3n) is 9.03. The Morgan fingerprint density at radius 3 is 2.21 bits per heavy atom. The number of unbranched alkanes of at least 4 members (excludes halogenated alkanes) is 1. The topological polar surface area (TPSA) is 163 Å². The molecule has 3 rings (SSSR count). The van der Waals surface area contributed by atoms with E-state index in [1.165, 1.54) is 11.3 Å². The van der Waals surface area contributed by atoms with E-state index in [4.69, 9.17) is 5.73 Å². The summed E-state index contributed by atoms with van der Waals surface area (Å²) >= 11 is 4.28. The van der Waals surface area contributed by atoms with Crippen molar-refractivity contribution >= 4 is 42.2 Å². The first-order valence-corrected chi connectivity index (χ1v) is 16.9. The highest BCUT2D eigenvalue weighted by atomic mass is 32.1. The first-order valence-electron chi connectivity index (χ1n) is 16.3. The number of hydrogen-bond acceptors (Lipinski definition) is 7. The summed E-state index contributed by atoms with van der Waals surface area (Å²) in [6.45, 7) is 7.56. The number of Topliss-reactive ketones (excluding diaryl/α,β-unsaturated/α-hetero) is 1. The predicted octanol–water partition coefficient (Wildman–Crippen LogP) is 2.28. The lowest BCUT2D eigenvalue weighted by Gasteiger charge is -2.37. The number of hydrogen-bond donors (Lipinski definition) is 6. The minimum Gasteiger partial charge on any atom is -0.363 e. The molecule has 5 amide bonds. The van der Waals surface area contributed by atoms with Crippen molar-refractivity contribution < 1.29 is 24.0 Å². The molecule has 0 aromatic heterocycles. The molecule has 0 spiro atoms. The van der Waals surface area contributed by atoms with Crippen LogP contribution in [-0.4, -0.2) is 84.0 Å². The average Bonchev–Trinajstić information content (AvgIpc) is 3.64. The van der Waals surface area contributed by atoms with E-state index in [-0.39, 0.29) is 17.9 Å². The smallest absolute Gasteiger partial charge is 0.315 e. The molecule has 11 nitrogen and oxygen atoms in total. The molecule has 2 saturated carbocycles. The van der Waals surface area contributed by atoms with E-state index in [0.29, 0.717) is 38.3 Å². The minimum absolute atomic E-state index is 0.0523. The maximum atomic E-state index is 14.0. The fourth-order valence-electron chi connectivity index (χ4n) is 6.31. The van der Waals surface area contributed by atoms with E-state index in [1.54, 1.807) is 0 Å². The molecule has 12 heteroatoms. The highest BCUT2D eigenvalue weighted by Gasteiger charge is 2.43. The number of thiol groups is 1. The minimum atomic E-state index is -1.08. The Bertz CT molecular complexity index is 978. The monoisotopic (exact) mass is 622 g/mol. The van der Waals surface area contributed by atoms with E-state index in [2.05, 4.69) is 33.9 Å². The van der Waals surface area contributed by atoms with E-state index < -0.39 is 47.2 Å². The first-order chi connectivity index (χ1) is 20.4. The molecule has 0 aromatic rings. The van der Waals surface area contributed by atoms with Gasteiger partial charge in [0.2, 0.25) is 17.6 Å². The Labute approximate surface area is 262 Å². The van der Waals surface area contributed by atoms with Gasteiger partial charge in [-0.25, -0.2) is 4.79 Å². The summed E-state index contributed by atoms with van der Waals surface area (Å²) in [5.74, 6) is -1.19. The van der Waals surface area contributed by atoms with Crippen LogP contribution in [0.15, 0.2) is 0 Å². The van der Waals surface area contributed by atoms with Gasteiger partial charge in [-0.3, -0.25) is 19.2 Å². The summed E-state index contributed by atoms with van der Waals surface area (Å²) in [6.07, 6.45) is 11.0. The number of primary amides is 1. The van der Waals surface area contributed by atoms with Crippen molar-refractivity contribution in [1.29, 1.82) is 0 Å². The van der Waals surface area contributed by atoms with Crippen LogP contribution in [0.4, 0.5) is 4.79 Å². The van der Waals surface area contributed by atoms with E-state index in [1.807, 2.05) is 20.8 Å². The summed E-state index contributed by atoms with van der Waals surface area (Å²) in [5, 5.41) is 12.3. The fraction of sp³-hybridized carbons (Fsp3) is 0.839. The van der Waals surface area contributed by atoms with Crippen molar-refractivity contribution in [3.8, 4) is 0 Å². The van der Waals surface area contributed by atoms with Crippen LogP contribution in [0, 0.1) is 17.3 Å². The van der Waals surface area contributed by atoms with Crippen molar-refractivity contribution in [3.05, 3.63) is 0 Å². The van der Waals surface area contributed by atoms with Crippen molar-refractivity contribution in [2.24, 2.45) is 23.0 Å². The molecule has 0 aromatic carbocycles. The lowest BCUT2D eigenvalue weighted by atomic mass is 9.83. The van der Waals surface area contributed by atoms with Crippen molar-refractivity contribution in [2.75, 3.05) is 25.4 Å². The van der Waals surface area contributed by atoms with E-state index >= 15 is 0 Å². The summed E-state index contributed by atoms with van der Waals surface area (Å²) in [7, 11) is 0. The standard InChI is InChI=1S/C31H54N6O5S/c1-31(2,3)26(36-30(42)35-23(19-33-15-7-8-17-43)21-10-5-4-6-11-21)29(41)37-16-9-12-24(37)28(40)34-22(18-20-13-14-20)25(38)27(32)39/h20-24,26,33,43H,4-19H2,1-3H3,(H2,32,39)(H,34,40)(H2,35,36,42). The van der Waals surface area contributed by atoms with E-state index in [9.17, 15) is 24.0 Å². The number of carbonyl (C=O) groups excluding carboxylic acids is 5. The molecule has 3 fully saturated rings. The lowest BCUT2D eigenvalue weighted by molar-refractivity contribution is -0.143. The number of urea groups is 1. The molecule has 1 heterocycles. The van der Waals surface area contributed by atoms with E-state index in [0.717, 1.165) is 63.7 Å². The number of amides is 5. The predicted molar refractivity (Wildman–Crippen MR) is 169 cm³/mol. The summed E-state index contributed by atoms with van der Waals surface area (Å²) in [5.41, 5.74) is 4.62. The second kappa shape index (κ2) is 16.7. The number of likely N-dealkylation sites (tertiary alicyclic amines) is 1. The Balaban J connectivity index is 1.66. The Kier molecular flexibility index (Phi) is 13.6. The third-order valence-corrected chi connectivity index (χ3v) is 9.35. The van der Waals surface area contributed by atoms with Crippen LogP contribution >= 0.6 is 12.6 Å². The number of nitrogens with zero attached hydrogens (tertiary/aromatic N) is 1. The number of nitrogens with one attached hydrogen (secondary N) is 4. The number of ketones is 1. The van der Waals surface area contributed by atoms with Gasteiger partial charge in [0.15, 0.2) is 0 Å². The Morgan fingerprint density at radius 2 is 1.60 bits per heavy atom. The van der Waals surface area contributed by atoms with Gasteiger partial charge in [-0.2, -0.15) is 12.6 Å². The van der Waals surface area contributed by atoms with Crippen molar-refractivity contribution in [2.45, 2.75) is 122 Å². The van der Waals surface area contributed by atoms with Crippen molar-refractivity contribution in [1.82, 2.24) is 26.2 Å². The molecular formula is C31H54N6O5S. The molecule has 3 aliphatic rings. The van der Waals surface area contributed by atoms with Crippen LogP contribution in [0.2, 0.25) is 0 Å². The number of rotatable bonds is 16. The molecule has 43 heavy (non-hydrogen) atoms. The normalized spacial score (nSPS) is 21.5. The quantitative estimate of drug-likeness (QED) is 0.0879. The molecule has 1 saturated heterocycles. The van der Waals surface area contributed by atoms with Crippen LogP contribution in [-0.2, 0) is 19.2 Å². The average molecular weight is 623 g/mol. The zero-order valence-corrected chi connectivity index (χ0v) is 27.2. The number of carbonyl (C=O) groups is 5. The van der Waals surface area contributed by atoms with Gasteiger partial charge in [0.05, 0.1) is 6.04 Å². The zero-order chi connectivity index (χ0) is 31.6. The third kappa shape index (κ3) is 11.0. The first kappa shape index (κ1) is 35.1. The number of nitrogens with two attached hydrogens (primary N) is 1. The van der Waals surface area contributed by atoms with Crippen LogP contribution in [0.3, 0.4) is 0 Å². The molecule has 1 aliphatic heterocycles. The maximum absolute atomic E-state index is 14.0. The molecular weight excluding hydrogens is 568 g/mol. The lowest BCUT2D eigenvalue weighted by Crippen LogP contribution is -2.61. The fourth-order valence-corrected chi connectivity index (χ4v) is 6.53. The van der Waals surface area contributed by atoms with Gasteiger partial charge < -0.3 is 31.9 Å². The van der Waals surface area contributed by atoms with Gasteiger partial charge in [-0.1, -0.05) is 52.9 Å². The molecule has 4 atom stereocenters. The van der Waals surface area contributed by atoms with Crippen LogP contribution in [0.25, 0.3) is 0 Å². The highest BCUT2D eigenvalue weighted by molar-refractivity contribution is 7.80. The van der Waals surface area contributed by atoms with Gasteiger partial charge in [0.1, 0.15) is 12.1 Å². The Hall–Kier alpha value is -2.34. The second-order valence-corrected chi connectivity index (χ2v) is 14.2. The summed E-state index contributed by atoms with van der Waals surface area (Å²) in [6, 6.07) is -3.09. The van der Waals surface area contributed by atoms with Crippen LogP contribution in [0.5, 0.6) is 0 Å². The van der Waals surface area contributed by atoms with Crippen molar-refractivity contribution in [3.63, 3.8) is 0 Å². The highest BCUT2D eigenvalue weighted by Crippen LogP contribution is 2.34. The van der Waals surface area contributed by atoms with Gasteiger partial charge in [0, 0.05) is 19.1 Å². The molecule has 4 unspecified atom stereocenters. The largest absolute Gasteiger partial charge is 0.363 e. The van der Waals surface area contributed by atoms with Gasteiger partial charge in [-0.15, -0.1) is 0 Å². The molecule has 0 bridgehead atoms.